The van der Waals surface area contributed by atoms with Crippen LogP contribution in [0.2, 0.25) is 0 Å². The fourth-order valence-corrected chi connectivity index (χ4v) is 1.46. The number of hydrogen-bond acceptors (Lipinski definition) is 3. The van der Waals surface area contributed by atoms with Gasteiger partial charge in [-0.1, -0.05) is 6.92 Å². The van der Waals surface area contributed by atoms with Gasteiger partial charge in [0.15, 0.2) is 0 Å². The van der Waals surface area contributed by atoms with Crippen LogP contribution >= 0.6 is 0 Å². The molecule has 0 N–H and O–H groups in total. The van der Waals surface area contributed by atoms with Crippen LogP contribution in [0.4, 0.5) is 0 Å². The minimum atomic E-state index is -2.78. The fourth-order valence-electron chi connectivity index (χ4n) is 1.46. The Labute approximate surface area is 105 Å². The third kappa shape index (κ3) is 1.84. The third-order valence-electron chi connectivity index (χ3n) is 2.52. The number of carbonyl (C=O) groups excluding carboxylic acids is 1. The van der Waals surface area contributed by atoms with Crippen molar-refractivity contribution in [2.24, 2.45) is 18.8 Å². The molecule has 0 unspecified atom stereocenters. The predicted molar refractivity (Wildman–Crippen MR) is 59.9 cm³/mol. The van der Waals surface area contributed by atoms with Crippen LogP contribution in [0.5, 0.6) is 0 Å². The standard InChI is InChI=1S/C12H18N2O2/c1-4-11-9(7-16-12(11)15)5-10-6-13-8(2)14(10)3/h6,9,11H,4-5,7H2,1-3H3/t9-,11-/m0/s1/i4D2,5D2,6D,9D,11D. The molecule has 2 atom stereocenters. The van der Waals surface area contributed by atoms with Gasteiger partial charge in [-0.2, -0.15) is 0 Å². The average molecular weight is 229 g/mol. The lowest BCUT2D eigenvalue weighted by molar-refractivity contribution is -0.141. The van der Waals surface area contributed by atoms with Crippen molar-refractivity contribution in [3.8, 4) is 0 Å². The summed E-state index contributed by atoms with van der Waals surface area (Å²) in [6.45, 7) is 1.72. The lowest BCUT2D eigenvalue weighted by Gasteiger charge is -2.13. The summed E-state index contributed by atoms with van der Waals surface area (Å²) in [6.07, 6.45) is -5.65. The number of esters is 1. The maximum atomic E-state index is 12.0. The van der Waals surface area contributed by atoms with Crippen LogP contribution in [-0.2, 0) is 23.0 Å². The largest absolute Gasteiger partial charge is 0.465 e. The van der Waals surface area contributed by atoms with Gasteiger partial charge in [-0.05, 0) is 19.7 Å². The molecule has 2 rings (SSSR count). The van der Waals surface area contributed by atoms with Gasteiger partial charge in [-0.25, -0.2) is 4.98 Å². The monoisotopic (exact) mass is 229 g/mol. The van der Waals surface area contributed by atoms with Crippen molar-refractivity contribution in [1.82, 2.24) is 9.55 Å². The highest BCUT2D eigenvalue weighted by Crippen LogP contribution is 2.28. The zero-order valence-electron chi connectivity index (χ0n) is 16.4. The number of ether oxygens (including phenoxy) is 1. The summed E-state index contributed by atoms with van der Waals surface area (Å²) >= 11 is 0. The summed E-state index contributed by atoms with van der Waals surface area (Å²) in [5.74, 6) is -6.31. The lowest BCUT2D eigenvalue weighted by Crippen LogP contribution is -2.18. The van der Waals surface area contributed by atoms with Crippen LogP contribution in [0.15, 0.2) is 6.17 Å². The molecule has 1 aliphatic rings. The van der Waals surface area contributed by atoms with Crippen molar-refractivity contribution in [3.05, 3.63) is 17.7 Å². The summed E-state index contributed by atoms with van der Waals surface area (Å²) in [5.41, 5.74) is -0.288. The Morgan fingerprint density at radius 2 is 2.62 bits per heavy atom. The van der Waals surface area contributed by atoms with E-state index in [1.165, 1.54) is 11.6 Å². The lowest BCUT2D eigenvalue weighted by atomic mass is 9.89. The summed E-state index contributed by atoms with van der Waals surface area (Å²) in [5, 5.41) is 0. The van der Waals surface area contributed by atoms with Crippen molar-refractivity contribution < 1.29 is 19.1 Å². The van der Waals surface area contributed by atoms with Crippen LogP contribution in [-0.4, -0.2) is 22.1 Å². The van der Waals surface area contributed by atoms with E-state index in [1.54, 1.807) is 6.92 Å². The van der Waals surface area contributed by atoms with E-state index in [9.17, 15) is 4.79 Å². The molecule has 0 spiro atoms. The van der Waals surface area contributed by atoms with Crippen molar-refractivity contribution >= 4 is 5.97 Å². The molecule has 4 nitrogen and oxygen atoms in total. The van der Waals surface area contributed by atoms with Gasteiger partial charge in [0.05, 0.1) is 13.9 Å². The van der Waals surface area contributed by atoms with Crippen molar-refractivity contribution in [2.75, 3.05) is 6.61 Å². The number of carbonyl (C=O) groups is 1. The summed E-state index contributed by atoms with van der Waals surface area (Å²) in [7, 11) is 1.46. The Morgan fingerprint density at radius 3 is 3.19 bits per heavy atom. The predicted octanol–water partition coefficient (Wildman–Crippen LogP) is 1.47. The third-order valence-corrected chi connectivity index (χ3v) is 2.52. The molecule has 88 valence electrons. The molecule has 4 heteroatoms. The van der Waals surface area contributed by atoms with Crippen molar-refractivity contribution in [3.63, 3.8) is 0 Å². The van der Waals surface area contributed by atoms with E-state index in [0.717, 1.165) is 6.92 Å². The minimum absolute atomic E-state index is 0.288. The quantitative estimate of drug-likeness (QED) is 0.737. The molecular formula is C12H18N2O2. The van der Waals surface area contributed by atoms with E-state index < -0.39 is 43.3 Å². The van der Waals surface area contributed by atoms with Crippen LogP contribution in [0.25, 0.3) is 0 Å². The van der Waals surface area contributed by atoms with Crippen LogP contribution in [0, 0.1) is 18.7 Å². The molecule has 1 aliphatic heterocycles. The maximum absolute atomic E-state index is 12.0. The second-order valence-electron chi connectivity index (χ2n) is 3.48. The molecule has 1 aromatic rings. The zero-order valence-corrected chi connectivity index (χ0v) is 9.42. The first-order chi connectivity index (χ1) is 10.2. The van der Waals surface area contributed by atoms with Gasteiger partial charge in [-0.15, -0.1) is 0 Å². The number of nitrogens with zero attached hydrogens (tertiary/aromatic N) is 2. The molecule has 1 fully saturated rings. The number of aryl methyl sites for hydroxylation is 1. The first kappa shape index (κ1) is 5.34. The average Bonchev–Trinajstić information content (AvgIpc) is 2.79. The van der Waals surface area contributed by atoms with Crippen LogP contribution < -0.4 is 0 Å². The molecule has 1 saturated heterocycles. The van der Waals surface area contributed by atoms with Gasteiger partial charge >= 0.3 is 5.97 Å². The summed E-state index contributed by atoms with van der Waals surface area (Å²) in [6, 6.07) is 0. The Kier molecular flexibility index (Phi) is 1.43. The van der Waals surface area contributed by atoms with E-state index >= 15 is 0 Å². The van der Waals surface area contributed by atoms with Crippen LogP contribution in [0.3, 0.4) is 0 Å². The Morgan fingerprint density at radius 1 is 1.88 bits per heavy atom. The minimum Gasteiger partial charge on any atom is -0.465 e. The second-order valence-corrected chi connectivity index (χ2v) is 3.48. The van der Waals surface area contributed by atoms with E-state index in [1.807, 2.05) is 0 Å². The number of rotatable bonds is 3. The summed E-state index contributed by atoms with van der Waals surface area (Å²) < 4.78 is 62.9. The highest BCUT2D eigenvalue weighted by molar-refractivity contribution is 5.74. The molecule has 0 radical (unpaired) electrons. The Bertz CT molecular complexity index is 669. The molecule has 0 bridgehead atoms. The van der Waals surface area contributed by atoms with Gasteiger partial charge in [0.25, 0.3) is 0 Å². The molecule has 16 heavy (non-hydrogen) atoms. The van der Waals surface area contributed by atoms with Crippen LogP contribution in [0.1, 0.15) is 34.4 Å². The van der Waals surface area contributed by atoms with E-state index in [2.05, 4.69) is 4.98 Å². The van der Waals surface area contributed by atoms with Crippen molar-refractivity contribution in [2.45, 2.75) is 26.6 Å². The fraction of sp³-hybridized carbons (Fsp3) is 0.667. The first-order valence-electron chi connectivity index (χ1n) is 8.39. The van der Waals surface area contributed by atoms with Gasteiger partial charge in [0.2, 0.25) is 0 Å². The molecule has 2 heterocycles. The number of hydrogen-bond donors (Lipinski definition) is 0. The van der Waals surface area contributed by atoms with E-state index in [-0.39, 0.29) is 5.69 Å². The van der Waals surface area contributed by atoms with E-state index in [0.29, 0.717) is 5.82 Å². The molecule has 1 aromatic heterocycles. The first-order valence-corrected chi connectivity index (χ1v) is 4.89. The van der Waals surface area contributed by atoms with Gasteiger partial charge < -0.3 is 9.30 Å². The van der Waals surface area contributed by atoms with Gasteiger partial charge in [0.1, 0.15) is 5.82 Å². The summed E-state index contributed by atoms with van der Waals surface area (Å²) in [4.78, 5) is 15.8. The van der Waals surface area contributed by atoms with Crippen molar-refractivity contribution in [1.29, 1.82) is 0 Å². The molecular weight excluding hydrogens is 204 g/mol. The number of imidazole rings is 1. The van der Waals surface area contributed by atoms with Gasteiger partial charge in [0, 0.05) is 33.0 Å². The zero-order chi connectivity index (χ0) is 18.0. The molecule has 0 aromatic carbocycles. The normalized spacial score (nSPS) is 42.2. The molecule has 0 aliphatic carbocycles. The number of cyclic esters (lactones) is 1. The highest BCUT2D eigenvalue weighted by atomic mass is 16.5. The molecule has 0 saturated carbocycles. The number of aromatic nitrogens is 2. The van der Waals surface area contributed by atoms with Gasteiger partial charge in [-0.3, -0.25) is 4.79 Å². The SMILES string of the molecule is [2H]c1nc(C)n(C)c1C([2H])([2H])[C@@]1([2H])COC(=O)[C@@]1([2H])C([2H])([2H])C. The second kappa shape index (κ2) is 4.28. The molecule has 0 amide bonds. The topological polar surface area (TPSA) is 44.1 Å². The maximum Gasteiger partial charge on any atom is 0.309 e. The smallest absolute Gasteiger partial charge is 0.309 e. The highest BCUT2D eigenvalue weighted by Gasteiger charge is 2.35. The Hall–Kier alpha value is -1.32. The Balaban J connectivity index is 2.73. The van der Waals surface area contributed by atoms with E-state index in [4.69, 9.17) is 14.3 Å².